The van der Waals surface area contributed by atoms with E-state index in [0.29, 0.717) is 0 Å². The Balaban J connectivity index is 0.000000301. The lowest BCUT2D eigenvalue weighted by Gasteiger charge is -2.43. The Morgan fingerprint density at radius 2 is 1.63 bits per heavy atom. The molecule has 2 aliphatic heterocycles. The van der Waals surface area contributed by atoms with Gasteiger partial charge in [-0.3, -0.25) is 9.88 Å². The zero-order valence-electron chi connectivity index (χ0n) is 20.0. The molecular formula is C23H27F6N3O5S. The van der Waals surface area contributed by atoms with Gasteiger partial charge in [-0.1, -0.05) is 0 Å². The first-order valence-corrected chi connectivity index (χ1v) is 12.2. The summed E-state index contributed by atoms with van der Waals surface area (Å²) in [7, 11) is 0. The smallest absolute Gasteiger partial charge is 0.475 e. The Hall–Kier alpha value is -2.91. The number of aliphatic carboxylic acids is 2. The van der Waals surface area contributed by atoms with Crippen molar-refractivity contribution >= 4 is 29.0 Å². The van der Waals surface area contributed by atoms with Gasteiger partial charge in [0.05, 0.1) is 25.1 Å². The third kappa shape index (κ3) is 10.5. The monoisotopic (exact) mass is 571 g/mol. The average Bonchev–Trinajstić information content (AvgIpc) is 3.27. The van der Waals surface area contributed by atoms with Gasteiger partial charge in [0.15, 0.2) is 0 Å². The SMILES string of the molecule is O=C(O)C(F)(F)F.O=C(O)C(F)(F)F.c1cncc(N2CCOCC3(CCN(Cc4ccsc4)CC3)C2)c1. The van der Waals surface area contributed by atoms with Crippen molar-refractivity contribution in [2.75, 3.05) is 44.3 Å². The molecule has 0 atom stereocenters. The number of piperidine rings is 1. The lowest BCUT2D eigenvalue weighted by molar-refractivity contribution is -0.193. The minimum Gasteiger partial charge on any atom is -0.475 e. The minimum absolute atomic E-state index is 0.289. The Labute approximate surface area is 218 Å². The zero-order valence-corrected chi connectivity index (χ0v) is 20.9. The molecule has 15 heteroatoms. The molecule has 212 valence electrons. The van der Waals surface area contributed by atoms with Gasteiger partial charge in [0, 0.05) is 31.2 Å². The van der Waals surface area contributed by atoms with Crippen LogP contribution in [0.1, 0.15) is 18.4 Å². The van der Waals surface area contributed by atoms with Crippen LogP contribution in [0.3, 0.4) is 0 Å². The molecule has 2 fully saturated rings. The first-order chi connectivity index (χ1) is 17.7. The Kier molecular flexibility index (Phi) is 11.3. The van der Waals surface area contributed by atoms with Crippen LogP contribution in [0.15, 0.2) is 41.4 Å². The fraction of sp³-hybridized carbons (Fsp3) is 0.522. The van der Waals surface area contributed by atoms with Crippen molar-refractivity contribution < 1.29 is 50.9 Å². The van der Waals surface area contributed by atoms with Crippen LogP contribution in [0.25, 0.3) is 0 Å². The molecule has 0 aliphatic carbocycles. The van der Waals surface area contributed by atoms with E-state index in [-0.39, 0.29) is 5.41 Å². The quantitative estimate of drug-likeness (QED) is 0.519. The summed E-state index contributed by atoms with van der Waals surface area (Å²) in [5.74, 6) is -5.51. The summed E-state index contributed by atoms with van der Waals surface area (Å²) in [5.41, 5.74) is 2.96. The van der Waals surface area contributed by atoms with E-state index in [0.717, 1.165) is 32.8 Å². The predicted octanol–water partition coefficient (Wildman–Crippen LogP) is 4.53. The third-order valence-corrected chi connectivity index (χ3v) is 6.57. The van der Waals surface area contributed by atoms with Gasteiger partial charge >= 0.3 is 24.3 Å². The van der Waals surface area contributed by atoms with E-state index in [1.807, 2.05) is 18.5 Å². The number of carbonyl (C=O) groups is 2. The lowest BCUT2D eigenvalue weighted by atomic mass is 9.78. The molecule has 2 aromatic rings. The molecule has 0 bridgehead atoms. The molecule has 0 radical (unpaired) electrons. The average molecular weight is 572 g/mol. The topological polar surface area (TPSA) is 103 Å². The molecular weight excluding hydrogens is 544 g/mol. The van der Waals surface area contributed by atoms with Crippen molar-refractivity contribution in [1.29, 1.82) is 0 Å². The number of carboxylic acid groups (broad SMARTS) is 2. The van der Waals surface area contributed by atoms with Crippen molar-refractivity contribution in [3.05, 3.63) is 46.9 Å². The molecule has 0 unspecified atom stereocenters. The molecule has 0 saturated carbocycles. The van der Waals surface area contributed by atoms with Crippen molar-refractivity contribution in [3.8, 4) is 0 Å². The highest BCUT2D eigenvalue weighted by molar-refractivity contribution is 7.07. The summed E-state index contributed by atoms with van der Waals surface area (Å²) in [4.78, 5) is 27.1. The zero-order chi connectivity index (χ0) is 28.4. The van der Waals surface area contributed by atoms with E-state index in [2.05, 4.69) is 37.7 Å². The molecule has 2 saturated heterocycles. The van der Waals surface area contributed by atoms with Crippen LogP contribution in [0.4, 0.5) is 32.0 Å². The number of nitrogens with zero attached hydrogens (tertiary/aromatic N) is 3. The highest BCUT2D eigenvalue weighted by atomic mass is 32.1. The van der Waals surface area contributed by atoms with Crippen LogP contribution in [0.5, 0.6) is 0 Å². The largest absolute Gasteiger partial charge is 0.490 e. The van der Waals surface area contributed by atoms with E-state index in [4.69, 9.17) is 24.5 Å². The summed E-state index contributed by atoms with van der Waals surface area (Å²) < 4.78 is 69.5. The Bertz CT molecular complexity index is 973. The third-order valence-electron chi connectivity index (χ3n) is 5.84. The molecule has 2 aliphatic rings. The maximum atomic E-state index is 10.6. The first kappa shape index (κ1) is 31.3. The Morgan fingerprint density at radius 1 is 1.03 bits per heavy atom. The lowest BCUT2D eigenvalue weighted by Crippen LogP contribution is -2.47. The number of thiophene rings is 1. The van der Waals surface area contributed by atoms with Gasteiger partial charge in [-0.25, -0.2) is 9.59 Å². The van der Waals surface area contributed by atoms with E-state index >= 15 is 0 Å². The standard InChI is InChI=1S/C19H25N3OS.2C2HF3O2/c1-2-18(12-20-6-1)22-9-10-23-16-19(15-22)4-7-21(8-5-19)13-17-3-11-24-14-17;2*3-2(4,5)1(6)7/h1-3,6,11-12,14H,4-5,7-10,13,15-16H2;2*(H,6,7). The second kappa shape index (κ2) is 13.8. The molecule has 1 spiro atoms. The molecule has 4 heterocycles. The summed E-state index contributed by atoms with van der Waals surface area (Å²) in [6, 6.07) is 6.43. The van der Waals surface area contributed by atoms with Crippen LogP contribution in [0, 0.1) is 5.41 Å². The van der Waals surface area contributed by atoms with E-state index in [1.54, 1.807) is 11.3 Å². The minimum atomic E-state index is -5.08. The van der Waals surface area contributed by atoms with Gasteiger partial charge in [0.1, 0.15) is 0 Å². The molecule has 2 N–H and O–H groups in total. The highest BCUT2D eigenvalue weighted by Gasteiger charge is 2.39. The van der Waals surface area contributed by atoms with E-state index in [1.165, 1.54) is 37.2 Å². The number of hydrogen-bond acceptors (Lipinski definition) is 7. The number of hydrogen-bond donors (Lipinski definition) is 2. The van der Waals surface area contributed by atoms with Gasteiger partial charge in [0.2, 0.25) is 0 Å². The number of rotatable bonds is 3. The summed E-state index contributed by atoms with van der Waals surface area (Å²) >= 11 is 1.79. The second-order valence-corrected chi connectivity index (χ2v) is 9.48. The van der Waals surface area contributed by atoms with E-state index < -0.39 is 24.3 Å². The number of alkyl halides is 6. The highest BCUT2D eigenvalue weighted by Crippen LogP contribution is 2.36. The number of ether oxygens (including phenoxy) is 1. The molecule has 8 nitrogen and oxygen atoms in total. The van der Waals surface area contributed by atoms with Gasteiger partial charge < -0.3 is 19.8 Å². The molecule has 0 aromatic carbocycles. The number of carboxylic acids is 2. The molecule has 38 heavy (non-hydrogen) atoms. The predicted molar refractivity (Wildman–Crippen MR) is 126 cm³/mol. The fourth-order valence-electron chi connectivity index (χ4n) is 3.88. The van der Waals surface area contributed by atoms with Crippen LogP contribution in [0.2, 0.25) is 0 Å². The number of halogens is 6. The van der Waals surface area contributed by atoms with Crippen LogP contribution in [-0.4, -0.2) is 83.8 Å². The molecule has 0 amide bonds. The fourth-order valence-corrected chi connectivity index (χ4v) is 4.54. The molecule has 4 rings (SSSR count). The normalized spacial score (nSPS) is 17.9. The van der Waals surface area contributed by atoms with Crippen molar-refractivity contribution in [3.63, 3.8) is 0 Å². The number of anilines is 1. The summed E-state index contributed by atoms with van der Waals surface area (Å²) in [5, 5.41) is 18.7. The summed E-state index contributed by atoms with van der Waals surface area (Å²) in [6.07, 6.45) is -3.91. The van der Waals surface area contributed by atoms with Gasteiger partial charge in [-0.2, -0.15) is 37.7 Å². The summed E-state index contributed by atoms with van der Waals surface area (Å²) in [6.45, 7) is 7.19. The van der Waals surface area contributed by atoms with Crippen LogP contribution < -0.4 is 4.90 Å². The number of pyridine rings is 1. The van der Waals surface area contributed by atoms with Crippen molar-refractivity contribution in [2.24, 2.45) is 5.41 Å². The first-order valence-electron chi connectivity index (χ1n) is 11.3. The van der Waals surface area contributed by atoms with E-state index in [9.17, 15) is 26.3 Å². The van der Waals surface area contributed by atoms with Crippen molar-refractivity contribution in [1.82, 2.24) is 9.88 Å². The van der Waals surface area contributed by atoms with Gasteiger partial charge in [-0.15, -0.1) is 0 Å². The number of aromatic nitrogens is 1. The Morgan fingerprint density at radius 3 is 2.11 bits per heavy atom. The maximum absolute atomic E-state index is 10.6. The second-order valence-electron chi connectivity index (χ2n) is 8.70. The molecule has 2 aromatic heterocycles. The van der Waals surface area contributed by atoms with Crippen molar-refractivity contribution in [2.45, 2.75) is 31.7 Å². The van der Waals surface area contributed by atoms with Crippen LogP contribution in [-0.2, 0) is 20.9 Å². The number of likely N-dealkylation sites (tertiary alicyclic amines) is 1. The van der Waals surface area contributed by atoms with Gasteiger partial charge in [0.25, 0.3) is 0 Å². The van der Waals surface area contributed by atoms with Gasteiger partial charge in [-0.05, 0) is 60.5 Å². The maximum Gasteiger partial charge on any atom is 0.490 e. The van der Waals surface area contributed by atoms with Crippen LogP contribution >= 0.6 is 11.3 Å².